The highest BCUT2D eigenvalue weighted by Gasteiger charge is 2.29. The van der Waals surface area contributed by atoms with Crippen molar-refractivity contribution < 1.29 is 9.53 Å². The fourth-order valence-corrected chi connectivity index (χ4v) is 2.08. The molecule has 2 rings (SSSR count). The summed E-state index contributed by atoms with van der Waals surface area (Å²) >= 11 is 4.23. The van der Waals surface area contributed by atoms with E-state index >= 15 is 0 Å². The third kappa shape index (κ3) is 2.14. The molecule has 16 heavy (non-hydrogen) atoms. The second-order valence-electron chi connectivity index (χ2n) is 3.81. The van der Waals surface area contributed by atoms with Crippen LogP contribution in [0.2, 0.25) is 0 Å². The first kappa shape index (κ1) is 11.3. The highest BCUT2D eigenvalue weighted by Crippen LogP contribution is 2.27. The van der Waals surface area contributed by atoms with Crippen LogP contribution in [0.1, 0.15) is 6.42 Å². The quantitative estimate of drug-likeness (QED) is 0.809. The summed E-state index contributed by atoms with van der Waals surface area (Å²) in [6.07, 6.45) is 2.23. The first-order valence-corrected chi connectivity index (χ1v) is 5.79. The van der Waals surface area contributed by atoms with Crippen LogP contribution in [0.25, 0.3) is 0 Å². The van der Waals surface area contributed by atoms with Crippen LogP contribution in [-0.2, 0) is 4.79 Å². The van der Waals surface area contributed by atoms with Crippen LogP contribution >= 0.6 is 12.6 Å². The van der Waals surface area contributed by atoms with Crippen molar-refractivity contribution in [3.05, 3.63) is 18.3 Å². The van der Waals surface area contributed by atoms with Crippen molar-refractivity contribution in [2.24, 2.45) is 5.92 Å². The second kappa shape index (κ2) is 4.74. The van der Waals surface area contributed by atoms with Crippen molar-refractivity contribution in [3.8, 4) is 5.88 Å². The van der Waals surface area contributed by atoms with Gasteiger partial charge in [-0.05, 0) is 17.7 Å². The molecule has 1 aromatic rings. The van der Waals surface area contributed by atoms with Gasteiger partial charge < -0.3 is 9.64 Å². The fraction of sp³-hybridized carbons (Fsp3) is 0.455. The average Bonchev–Trinajstić information content (AvgIpc) is 2.71. The molecule has 0 aliphatic carbocycles. The molecular weight excluding hydrogens is 224 g/mol. The Bertz CT molecular complexity index is 397. The van der Waals surface area contributed by atoms with E-state index in [2.05, 4.69) is 17.6 Å². The van der Waals surface area contributed by atoms with Crippen molar-refractivity contribution in [3.63, 3.8) is 0 Å². The number of methoxy groups -OCH3 is 1. The second-order valence-corrected chi connectivity index (χ2v) is 4.18. The van der Waals surface area contributed by atoms with Gasteiger partial charge in [-0.1, -0.05) is 0 Å². The summed E-state index contributed by atoms with van der Waals surface area (Å²) in [6.45, 7) is 0.732. The number of anilines is 1. The summed E-state index contributed by atoms with van der Waals surface area (Å²) in [4.78, 5) is 17.6. The van der Waals surface area contributed by atoms with Gasteiger partial charge in [0.1, 0.15) is 0 Å². The summed E-state index contributed by atoms with van der Waals surface area (Å²) in [5, 5.41) is 0. The third-order valence-corrected chi connectivity index (χ3v) is 3.22. The Morgan fingerprint density at radius 1 is 1.69 bits per heavy atom. The Labute approximate surface area is 100 Å². The first-order valence-electron chi connectivity index (χ1n) is 5.16. The van der Waals surface area contributed by atoms with Crippen LogP contribution in [0, 0.1) is 5.92 Å². The van der Waals surface area contributed by atoms with Crippen LogP contribution in [0.5, 0.6) is 5.88 Å². The molecule has 86 valence electrons. The Balaban J connectivity index is 2.20. The van der Waals surface area contributed by atoms with E-state index in [0.29, 0.717) is 18.2 Å². The molecule has 0 aromatic carbocycles. The smallest absolute Gasteiger partial charge is 0.227 e. The van der Waals surface area contributed by atoms with E-state index < -0.39 is 0 Å². The number of hydrogen-bond donors (Lipinski definition) is 1. The Kier molecular flexibility index (Phi) is 3.33. The van der Waals surface area contributed by atoms with Gasteiger partial charge in [-0.15, -0.1) is 0 Å². The molecule has 0 N–H and O–H groups in total. The molecule has 0 spiro atoms. The lowest BCUT2D eigenvalue weighted by Crippen LogP contribution is -2.24. The number of ether oxygens (including phenoxy) is 1. The molecule has 1 aliphatic rings. The summed E-state index contributed by atoms with van der Waals surface area (Å²) < 4.78 is 5.04. The van der Waals surface area contributed by atoms with Crippen molar-refractivity contribution in [1.29, 1.82) is 0 Å². The van der Waals surface area contributed by atoms with Gasteiger partial charge in [-0.25, -0.2) is 4.98 Å². The molecule has 0 bridgehead atoms. The molecule has 1 unspecified atom stereocenters. The molecule has 1 aromatic heterocycles. The summed E-state index contributed by atoms with van der Waals surface area (Å²) in [5.74, 6) is 1.76. The van der Waals surface area contributed by atoms with Crippen LogP contribution < -0.4 is 9.64 Å². The molecule has 0 saturated carbocycles. The maximum atomic E-state index is 11.8. The predicted molar refractivity (Wildman–Crippen MR) is 65.1 cm³/mol. The van der Waals surface area contributed by atoms with Gasteiger partial charge in [0.2, 0.25) is 11.8 Å². The first-order chi connectivity index (χ1) is 7.74. The number of carbonyl (C=O) groups is 1. The molecule has 1 aliphatic heterocycles. The lowest BCUT2D eigenvalue weighted by atomic mass is 10.1. The number of carbonyl (C=O) groups excluding carboxylic acids is 1. The number of hydrogen-bond acceptors (Lipinski definition) is 4. The number of nitrogens with zero attached hydrogens (tertiary/aromatic N) is 2. The van der Waals surface area contributed by atoms with E-state index in [4.69, 9.17) is 4.74 Å². The Hall–Kier alpha value is -1.23. The molecule has 1 atom stereocenters. The van der Waals surface area contributed by atoms with Crippen LogP contribution in [0.4, 0.5) is 5.69 Å². The molecule has 2 heterocycles. The third-order valence-electron chi connectivity index (χ3n) is 2.70. The fourth-order valence-electron chi connectivity index (χ4n) is 1.83. The van der Waals surface area contributed by atoms with Gasteiger partial charge in [0.25, 0.3) is 0 Å². The van der Waals surface area contributed by atoms with Crippen molar-refractivity contribution >= 4 is 24.2 Å². The van der Waals surface area contributed by atoms with Crippen LogP contribution in [-0.4, -0.2) is 30.3 Å². The molecule has 1 saturated heterocycles. The lowest BCUT2D eigenvalue weighted by Gasteiger charge is -2.16. The monoisotopic (exact) mass is 238 g/mol. The minimum atomic E-state index is 0.146. The molecule has 1 amide bonds. The maximum Gasteiger partial charge on any atom is 0.227 e. The van der Waals surface area contributed by atoms with Crippen molar-refractivity contribution in [2.45, 2.75) is 6.42 Å². The minimum Gasteiger partial charge on any atom is -0.481 e. The van der Waals surface area contributed by atoms with Gasteiger partial charge in [-0.2, -0.15) is 12.6 Å². The molecular formula is C11H14N2O2S. The number of thiol groups is 1. The van der Waals surface area contributed by atoms with Gasteiger partial charge >= 0.3 is 0 Å². The molecule has 4 nitrogen and oxygen atoms in total. The zero-order valence-corrected chi connectivity index (χ0v) is 9.98. The largest absolute Gasteiger partial charge is 0.481 e. The topological polar surface area (TPSA) is 42.4 Å². The van der Waals surface area contributed by atoms with Gasteiger partial charge in [0.15, 0.2) is 0 Å². The van der Waals surface area contributed by atoms with E-state index in [1.54, 1.807) is 24.3 Å². The Morgan fingerprint density at radius 2 is 2.50 bits per heavy atom. The van der Waals surface area contributed by atoms with Gasteiger partial charge in [0, 0.05) is 25.2 Å². The zero-order chi connectivity index (χ0) is 11.5. The average molecular weight is 238 g/mol. The van der Waals surface area contributed by atoms with Crippen LogP contribution in [0.15, 0.2) is 18.3 Å². The minimum absolute atomic E-state index is 0.146. The number of amides is 1. The SMILES string of the molecule is COc1cc(N2CC(CS)CC2=O)ccn1. The van der Waals surface area contributed by atoms with E-state index in [1.807, 2.05) is 6.07 Å². The van der Waals surface area contributed by atoms with Crippen LogP contribution in [0.3, 0.4) is 0 Å². The number of aromatic nitrogens is 1. The highest BCUT2D eigenvalue weighted by atomic mass is 32.1. The number of rotatable bonds is 3. The molecule has 1 fully saturated rings. The Morgan fingerprint density at radius 3 is 3.12 bits per heavy atom. The van der Waals surface area contributed by atoms with Crippen molar-refractivity contribution in [1.82, 2.24) is 4.98 Å². The van der Waals surface area contributed by atoms with E-state index in [9.17, 15) is 4.79 Å². The molecule has 5 heteroatoms. The maximum absolute atomic E-state index is 11.8. The zero-order valence-electron chi connectivity index (χ0n) is 9.09. The number of pyridine rings is 1. The highest BCUT2D eigenvalue weighted by molar-refractivity contribution is 7.80. The van der Waals surface area contributed by atoms with E-state index in [0.717, 1.165) is 18.0 Å². The summed E-state index contributed by atoms with van der Waals surface area (Å²) in [7, 11) is 1.56. The summed E-state index contributed by atoms with van der Waals surface area (Å²) in [5.41, 5.74) is 0.848. The standard InChI is InChI=1S/C11H14N2O2S/c1-15-10-5-9(2-3-12-10)13-6-8(7-16)4-11(13)14/h2-3,5,8,16H,4,6-7H2,1H3. The van der Waals surface area contributed by atoms with Gasteiger partial charge in [-0.3, -0.25) is 4.79 Å². The van der Waals surface area contributed by atoms with Crippen molar-refractivity contribution in [2.75, 3.05) is 24.3 Å². The molecule has 0 radical (unpaired) electrons. The van der Waals surface area contributed by atoms with E-state index in [1.165, 1.54) is 0 Å². The van der Waals surface area contributed by atoms with Gasteiger partial charge in [0.05, 0.1) is 12.8 Å². The predicted octanol–water partition coefficient (Wildman–Crippen LogP) is 1.37. The van der Waals surface area contributed by atoms with E-state index in [-0.39, 0.29) is 5.91 Å². The summed E-state index contributed by atoms with van der Waals surface area (Å²) in [6, 6.07) is 3.60. The lowest BCUT2D eigenvalue weighted by molar-refractivity contribution is -0.117. The normalized spacial score (nSPS) is 20.2.